The highest BCUT2D eigenvalue weighted by Crippen LogP contribution is 2.50. The lowest BCUT2D eigenvalue weighted by molar-refractivity contribution is -0.985. The third kappa shape index (κ3) is 6.06. The molecule has 2 bridgehead atoms. The van der Waals surface area contributed by atoms with Crippen molar-refractivity contribution in [3.05, 3.63) is 90.2 Å². The van der Waals surface area contributed by atoms with E-state index in [4.69, 9.17) is 19.2 Å². The Morgan fingerprint density at radius 1 is 0.977 bits per heavy atom. The van der Waals surface area contributed by atoms with Crippen molar-refractivity contribution in [2.45, 2.75) is 83.9 Å². The molecule has 5 heteroatoms. The first-order valence-corrected chi connectivity index (χ1v) is 16.2. The topological polar surface area (TPSA) is 40.6 Å². The minimum atomic E-state index is -0.110. The predicted octanol–water partition coefficient (Wildman–Crippen LogP) is 8.70. The molecule has 3 aliphatic rings. The molecule has 3 fully saturated rings. The minimum Gasteiger partial charge on any atom is -0.497 e. The summed E-state index contributed by atoms with van der Waals surface area (Å²) in [6, 6.07) is 13.4. The number of methoxy groups -OCH3 is 2. The van der Waals surface area contributed by atoms with Crippen LogP contribution in [0.25, 0.3) is 10.9 Å². The molecule has 2 aromatic carbocycles. The van der Waals surface area contributed by atoms with Crippen LogP contribution in [0.5, 0.6) is 11.5 Å². The van der Waals surface area contributed by atoms with Gasteiger partial charge in [-0.25, -0.2) is 0 Å². The Kier molecular flexibility index (Phi) is 9.04. The third-order valence-electron chi connectivity index (χ3n) is 10.2. The van der Waals surface area contributed by atoms with Crippen molar-refractivity contribution in [1.82, 2.24) is 4.98 Å². The van der Waals surface area contributed by atoms with E-state index in [1.54, 1.807) is 7.11 Å². The van der Waals surface area contributed by atoms with E-state index < -0.39 is 0 Å². The summed E-state index contributed by atoms with van der Waals surface area (Å²) in [5, 5.41) is 1.09. The van der Waals surface area contributed by atoms with Crippen molar-refractivity contribution in [3.8, 4) is 11.5 Å². The number of pyridine rings is 1. The van der Waals surface area contributed by atoms with Crippen molar-refractivity contribution >= 4 is 10.9 Å². The fourth-order valence-corrected chi connectivity index (χ4v) is 7.94. The van der Waals surface area contributed by atoms with E-state index in [-0.39, 0.29) is 23.0 Å². The second-order valence-electron chi connectivity index (χ2n) is 15.1. The fourth-order valence-electron chi connectivity index (χ4n) is 7.94. The molecule has 5 nitrogen and oxygen atoms in total. The quantitative estimate of drug-likeness (QED) is 0.173. The number of ether oxygens (including phenoxy) is 3. The lowest BCUT2D eigenvalue weighted by atomic mass is 9.70. The molecule has 1 aromatic heterocycles. The number of rotatable bonds is 10. The largest absolute Gasteiger partial charge is 0.497 e. The SMILES string of the molecule is C=CCO[C@@H](c1ccnc2ccc(OC)cc12)[C@H]1C[C@@H]2CC[N@@+]1(Cc1cc(C(C)(C)C)c(OC)c(C(C)(C)C)c1)C[C@@H]2C=C. The van der Waals surface area contributed by atoms with Crippen molar-refractivity contribution in [1.29, 1.82) is 0 Å². The molecule has 3 saturated heterocycles. The third-order valence-corrected chi connectivity index (χ3v) is 10.2. The van der Waals surface area contributed by atoms with Gasteiger partial charge in [-0.2, -0.15) is 0 Å². The first kappa shape index (κ1) is 32.2. The van der Waals surface area contributed by atoms with E-state index in [1.165, 1.54) is 28.7 Å². The maximum atomic E-state index is 6.83. The summed E-state index contributed by atoms with van der Waals surface area (Å²) in [5.41, 5.74) is 5.96. The summed E-state index contributed by atoms with van der Waals surface area (Å²) in [4.78, 5) is 4.70. The van der Waals surface area contributed by atoms with Crippen LogP contribution >= 0.6 is 0 Å². The van der Waals surface area contributed by atoms with E-state index >= 15 is 0 Å². The highest BCUT2D eigenvalue weighted by atomic mass is 16.5. The van der Waals surface area contributed by atoms with Crippen LogP contribution in [0.3, 0.4) is 0 Å². The number of aromatic nitrogens is 1. The van der Waals surface area contributed by atoms with Gasteiger partial charge in [-0.15, -0.1) is 13.2 Å². The second kappa shape index (κ2) is 12.3. The lowest BCUT2D eigenvalue weighted by Crippen LogP contribution is -2.67. The summed E-state index contributed by atoms with van der Waals surface area (Å²) in [7, 11) is 3.54. The molecule has 236 valence electrons. The Hall–Kier alpha value is -3.15. The number of quaternary nitrogens is 1. The van der Waals surface area contributed by atoms with E-state index in [0.29, 0.717) is 18.4 Å². The number of hydrogen-bond donors (Lipinski definition) is 0. The Labute approximate surface area is 265 Å². The zero-order chi connectivity index (χ0) is 31.9. The molecule has 3 aromatic rings. The molecule has 5 atom stereocenters. The van der Waals surface area contributed by atoms with Gasteiger partial charge in [0.2, 0.25) is 0 Å². The summed E-state index contributed by atoms with van der Waals surface area (Å²) >= 11 is 0. The van der Waals surface area contributed by atoms with Gasteiger partial charge in [0.1, 0.15) is 30.2 Å². The fraction of sp³-hybridized carbons (Fsp3) is 0.513. The zero-order valence-corrected chi connectivity index (χ0v) is 28.3. The highest BCUT2D eigenvalue weighted by molar-refractivity contribution is 5.84. The first-order valence-electron chi connectivity index (χ1n) is 16.2. The molecule has 44 heavy (non-hydrogen) atoms. The van der Waals surface area contributed by atoms with Gasteiger partial charge in [-0.3, -0.25) is 4.98 Å². The van der Waals surface area contributed by atoms with E-state index in [1.807, 2.05) is 31.5 Å². The average molecular weight is 598 g/mol. The Morgan fingerprint density at radius 2 is 1.68 bits per heavy atom. The maximum Gasteiger partial charge on any atom is 0.135 e. The highest BCUT2D eigenvalue weighted by Gasteiger charge is 2.54. The van der Waals surface area contributed by atoms with Crippen LogP contribution in [-0.2, 0) is 22.1 Å². The van der Waals surface area contributed by atoms with Crippen LogP contribution in [0.15, 0.2) is 67.9 Å². The minimum absolute atomic E-state index is 0.0517. The molecular formula is C39H53N2O3+. The van der Waals surface area contributed by atoms with Crippen LogP contribution in [-0.4, -0.2) is 49.4 Å². The van der Waals surface area contributed by atoms with Crippen molar-refractivity contribution in [2.75, 3.05) is 33.9 Å². The van der Waals surface area contributed by atoms with E-state index in [0.717, 1.165) is 52.9 Å². The Morgan fingerprint density at radius 3 is 2.27 bits per heavy atom. The first-order chi connectivity index (χ1) is 20.8. The Balaban J connectivity index is 1.68. The predicted molar refractivity (Wildman–Crippen MR) is 181 cm³/mol. The van der Waals surface area contributed by atoms with Gasteiger partial charge in [0.25, 0.3) is 0 Å². The summed E-state index contributed by atoms with van der Waals surface area (Å²) < 4.78 is 19.6. The Bertz CT molecular complexity index is 1480. The van der Waals surface area contributed by atoms with Gasteiger partial charge in [-0.05, 0) is 58.7 Å². The molecule has 3 aliphatic heterocycles. The van der Waals surface area contributed by atoms with E-state index in [2.05, 4.69) is 85.0 Å². The van der Waals surface area contributed by atoms with Gasteiger partial charge in [0.05, 0.1) is 39.4 Å². The molecule has 0 N–H and O–H groups in total. The van der Waals surface area contributed by atoms with Crippen LogP contribution in [0, 0.1) is 11.8 Å². The number of piperidine rings is 3. The normalized spacial score (nSPS) is 24.2. The second-order valence-corrected chi connectivity index (χ2v) is 15.1. The lowest BCUT2D eigenvalue weighted by Gasteiger charge is -2.58. The van der Waals surface area contributed by atoms with Gasteiger partial charge >= 0.3 is 0 Å². The molecule has 0 saturated carbocycles. The summed E-state index contributed by atoms with van der Waals surface area (Å²) in [5.74, 6) is 2.96. The molecule has 0 unspecified atom stereocenters. The molecule has 4 heterocycles. The maximum absolute atomic E-state index is 6.83. The van der Waals surface area contributed by atoms with Crippen LogP contribution in [0.2, 0.25) is 0 Å². The molecule has 6 rings (SSSR count). The molecule has 0 radical (unpaired) electrons. The van der Waals surface area contributed by atoms with Crippen LogP contribution < -0.4 is 9.47 Å². The van der Waals surface area contributed by atoms with Crippen molar-refractivity contribution in [3.63, 3.8) is 0 Å². The smallest absolute Gasteiger partial charge is 0.135 e. The number of hydrogen-bond acceptors (Lipinski definition) is 4. The number of fused-ring (bicyclic) bond motifs is 4. The molecule has 0 aliphatic carbocycles. The van der Waals surface area contributed by atoms with Crippen LogP contribution in [0.4, 0.5) is 0 Å². The van der Waals surface area contributed by atoms with Crippen LogP contribution in [0.1, 0.15) is 82.7 Å². The standard InChI is InChI=1S/C39H53N2O3/c1-11-19-44-36(30-15-17-40-34-14-13-29(42-9)23-31(30)34)35-22-28-16-18-41(35,25-27(28)12-2)24-26-20-32(38(3,4)5)37(43-10)33(21-26)39(6,7)8/h11-15,17,20-21,23,27-28,35-36H,1-2,16,18-19,22,24-25H2,3-10H3/q+1/t27-,28-,35+,36-,41+/m0/s1. The van der Waals surface area contributed by atoms with Gasteiger partial charge in [-0.1, -0.05) is 53.7 Å². The average Bonchev–Trinajstić information content (AvgIpc) is 3.00. The monoisotopic (exact) mass is 597 g/mol. The van der Waals surface area contributed by atoms with Gasteiger partial charge in [0.15, 0.2) is 0 Å². The zero-order valence-electron chi connectivity index (χ0n) is 28.3. The van der Waals surface area contributed by atoms with Crippen molar-refractivity contribution in [2.24, 2.45) is 11.8 Å². The molecular weight excluding hydrogens is 544 g/mol. The summed E-state index contributed by atoms with van der Waals surface area (Å²) in [6.07, 6.45) is 8.22. The van der Waals surface area contributed by atoms with Crippen molar-refractivity contribution < 1.29 is 18.7 Å². The van der Waals surface area contributed by atoms with Gasteiger partial charge in [0, 0.05) is 47.0 Å². The number of benzene rings is 2. The summed E-state index contributed by atoms with van der Waals surface area (Å²) in [6.45, 7) is 25.7. The molecule has 0 amide bonds. The number of nitrogens with zero attached hydrogens (tertiary/aromatic N) is 2. The van der Waals surface area contributed by atoms with Gasteiger partial charge < -0.3 is 18.7 Å². The molecule has 0 spiro atoms. The van der Waals surface area contributed by atoms with E-state index in [9.17, 15) is 0 Å².